The normalized spacial score (nSPS) is 14.7. The molecule has 31 heavy (non-hydrogen) atoms. The van der Waals surface area contributed by atoms with Crippen LogP contribution in [0.25, 0.3) is 11.3 Å². The molecule has 2 heterocycles. The van der Waals surface area contributed by atoms with Crippen molar-refractivity contribution in [1.29, 1.82) is 5.26 Å². The monoisotopic (exact) mass is 443 g/mol. The number of carbonyl (C=O) groups excluding carboxylic acids is 1. The smallest absolute Gasteiger partial charge is 0.375 e. The van der Waals surface area contributed by atoms with Crippen LogP contribution in [0.3, 0.4) is 0 Å². The summed E-state index contributed by atoms with van der Waals surface area (Å²) < 4.78 is 6.76. The van der Waals surface area contributed by atoms with Crippen LogP contribution in [0.15, 0.2) is 29.1 Å². The first-order chi connectivity index (χ1) is 14.6. The summed E-state index contributed by atoms with van der Waals surface area (Å²) in [6.07, 6.45) is 1.07. The van der Waals surface area contributed by atoms with Crippen LogP contribution in [0.2, 0.25) is 5.02 Å². The molecule has 0 aliphatic carbocycles. The van der Waals surface area contributed by atoms with Gasteiger partial charge in [0.15, 0.2) is 0 Å². The zero-order chi connectivity index (χ0) is 22.8. The average Bonchev–Trinajstić information content (AvgIpc) is 2.74. The van der Waals surface area contributed by atoms with Gasteiger partial charge in [-0.1, -0.05) is 23.7 Å². The van der Waals surface area contributed by atoms with Crippen molar-refractivity contribution in [1.82, 2.24) is 19.8 Å². The summed E-state index contributed by atoms with van der Waals surface area (Å²) in [5, 5.41) is 12.2. The van der Waals surface area contributed by atoms with Crippen LogP contribution in [0.4, 0.5) is 4.79 Å². The molecule has 0 atom stereocenters. The number of hydrogen-bond donors (Lipinski definition) is 1. The number of nitrogens with zero attached hydrogens (tertiary/aromatic N) is 4. The van der Waals surface area contributed by atoms with Gasteiger partial charge in [0.2, 0.25) is 0 Å². The van der Waals surface area contributed by atoms with Crippen LogP contribution < -0.4 is 15.6 Å². The Balaban J connectivity index is 1.97. The largest absolute Gasteiger partial charge is 0.418 e. The third-order valence-electron chi connectivity index (χ3n) is 5.25. The van der Waals surface area contributed by atoms with Crippen LogP contribution in [-0.2, 0) is 7.05 Å². The quantitative estimate of drug-likeness (QED) is 0.780. The third kappa shape index (κ3) is 4.89. The molecule has 1 N–H and O–H groups in total. The zero-order valence-electron chi connectivity index (χ0n) is 18.1. The van der Waals surface area contributed by atoms with Crippen molar-refractivity contribution in [2.45, 2.75) is 45.2 Å². The summed E-state index contributed by atoms with van der Waals surface area (Å²) in [6, 6.07) is 8.43. The number of rotatable bonds is 3. The molecule has 2 aromatic rings. The lowest BCUT2D eigenvalue weighted by atomic mass is 9.98. The molecule has 1 aliphatic heterocycles. The van der Waals surface area contributed by atoms with Gasteiger partial charge in [-0.15, -0.1) is 0 Å². The Kier molecular flexibility index (Phi) is 6.68. The molecule has 1 fully saturated rings. The van der Waals surface area contributed by atoms with Gasteiger partial charge in [0.1, 0.15) is 10.7 Å². The van der Waals surface area contributed by atoms with E-state index in [-0.39, 0.29) is 22.8 Å². The first kappa shape index (κ1) is 22.8. The number of nitrogens with one attached hydrogen (secondary N) is 1. The van der Waals surface area contributed by atoms with Crippen LogP contribution in [0.1, 0.15) is 39.2 Å². The molecule has 0 saturated carbocycles. The van der Waals surface area contributed by atoms with E-state index in [1.165, 1.54) is 7.05 Å². The predicted molar refractivity (Wildman–Crippen MR) is 118 cm³/mol. The Bertz CT molecular complexity index is 1060. The van der Waals surface area contributed by atoms with Gasteiger partial charge in [-0.05, 0) is 58.8 Å². The lowest BCUT2D eigenvalue weighted by molar-refractivity contribution is 0.0615. The van der Waals surface area contributed by atoms with E-state index in [2.05, 4.69) is 10.3 Å². The predicted octanol–water partition coefficient (Wildman–Crippen LogP) is 3.32. The maximum Gasteiger partial charge on any atom is 0.418 e. The molecule has 9 heteroatoms. The molecule has 1 aromatic carbocycles. The van der Waals surface area contributed by atoms with E-state index in [4.69, 9.17) is 21.6 Å². The minimum atomic E-state index is -0.560. The molecule has 0 unspecified atom stereocenters. The van der Waals surface area contributed by atoms with E-state index < -0.39 is 17.2 Å². The minimum absolute atomic E-state index is 0.0241. The Morgan fingerprint density at radius 3 is 2.45 bits per heavy atom. The van der Waals surface area contributed by atoms with Crippen molar-refractivity contribution >= 4 is 17.7 Å². The molecule has 0 radical (unpaired) electrons. The topological polar surface area (TPSA) is 100 Å². The van der Waals surface area contributed by atoms with E-state index >= 15 is 0 Å². The lowest BCUT2D eigenvalue weighted by Crippen LogP contribution is -2.55. The average molecular weight is 444 g/mol. The van der Waals surface area contributed by atoms with E-state index in [1.807, 2.05) is 26.8 Å². The van der Waals surface area contributed by atoms with E-state index in [9.17, 15) is 9.59 Å². The Labute approximate surface area is 186 Å². The lowest BCUT2D eigenvalue weighted by Gasteiger charge is -2.42. The summed E-state index contributed by atoms with van der Waals surface area (Å²) in [5.41, 5.74) is 0.216. The summed E-state index contributed by atoms with van der Waals surface area (Å²) in [6.45, 7) is 7.50. The van der Waals surface area contributed by atoms with Crippen LogP contribution in [0, 0.1) is 11.3 Å². The maximum atomic E-state index is 13.2. The number of ether oxygens (including phenoxy) is 1. The first-order valence-electron chi connectivity index (χ1n) is 10.1. The standard InChI is InChI=1S/C22H26ClN5O3/c1-22(2,3)28(16-9-11-25-12-10-16)21(30)31-20-26-18(17(23)19(29)27(20)4)15-7-5-14(13-24)6-8-15/h5-8,16,25H,9-12H2,1-4H3. The van der Waals surface area contributed by atoms with Gasteiger partial charge >= 0.3 is 12.1 Å². The zero-order valence-corrected chi connectivity index (χ0v) is 18.9. The van der Waals surface area contributed by atoms with Crippen molar-refractivity contribution in [2.75, 3.05) is 13.1 Å². The fraction of sp³-hybridized carbons (Fsp3) is 0.455. The number of halogens is 1. The molecule has 164 valence electrons. The fourth-order valence-corrected chi connectivity index (χ4v) is 3.98. The SMILES string of the molecule is Cn1c(OC(=O)N(C2CCNCC2)C(C)(C)C)nc(-c2ccc(C#N)cc2)c(Cl)c1=O. The summed E-state index contributed by atoms with van der Waals surface area (Å²) in [4.78, 5) is 32.0. The second-order valence-corrected chi connectivity index (χ2v) is 8.88. The van der Waals surface area contributed by atoms with Crippen molar-refractivity contribution in [2.24, 2.45) is 7.05 Å². The van der Waals surface area contributed by atoms with Crippen molar-refractivity contribution in [3.8, 4) is 23.3 Å². The van der Waals surface area contributed by atoms with Gasteiger partial charge in [0, 0.05) is 24.2 Å². The highest BCUT2D eigenvalue weighted by atomic mass is 35.5. The van der Waals surface area contributed by atoms with Gasteiger partial charge < -0.3 is 10.1 Å². The molecule has 3 rings (SSSR count). The molecule has 0 spiro atoms. The molecule has 0 bridgehead atoms. The molecule has 1 saturated heterocycles. The Morgan fingerprint density at radius 2 is 1.90 bits per heavy atom. The van der Waals surface area contributed by atoms with Gasteiger partial charge in [-0.2, -0.15) is 10.2 Å². The first-order valence-corrected chi connectivity index (χ1v) is 10.5. The number of aromatic nitrogens is 2. The van der Waals surface area contributed by atoms with E-state index in [0.717, 1.165) is 30.5 Å². The van der Waals surface area contributed by atoms with Crippen molar-refractivity contribution < 1.29 is 9.53 Å². The number of amides is 1. The van der Waals surface area contributed by atoms with Gasteiger partial charge in [-0.25, -0.2) is 4.79 Å². The molecule has 1 amide bonds. The van der Waals surface area contributed by atoms with Crippen molar-refractivity contribution in [3.63, 3.8) is 0 Å². The highest BCUT2D eigenvalue weighted by Gasteiger charge is 2.36. The number of piperidine rings is 1. The number of benzene rings is 1. The van der Waals surface area contributed by atoms with E-state index in [1.54, 1.807) is 29.2 Å². The second-order valence-electron chi connectivity index (χ2n) is 8.50. The highest BCUT2D eigenvalue weighted by Crippen LogP contribution is 2.27. The molecular weight excluding hydrogens is 418 g/mol. The van der Waals surface area contributed by atoms with Crippen LogP contribution in [-0.4, -0.2) is 45.2 Å². The van der Waals surface area contributed by atoms with Gasteiger partial charge in [0.05, 0.1) is 11.6 Å². The molecule has 8 nitrogen and oxygen atoms in total. The maximum absolute atomic E-state index is 13.2. The fourth-order valence-electron chi connectivity index (χ4n) is 3.70. The van der Waals surface area contributed by atoms with Crippen LogP contribution >= 0.6 is 11.6 Å². The Hall–Kier alpha value is -2.89. The second kappa shape index (κ2) is 9.08. The Morgan fingerprint density at radius 1 is 1.29 bits per heavy atom. The van der Waals surface area contributed by atoms with Gasteiger partial charge in [-0.3, -0.25) is 14.3 Å². The van der Waals surface area contributed by atoms with E-state index in [0.29, 0.717) is 11.1 Å². The molecule has 1 aliphatic rings. The summed E-state index contributed by atoms with van der Waals surface area (Å²) in [5.74, 6) is 0. The third-order valence-corrected chi connectivity index (χ3v) is 5.59. The highest BCUT2D eigenvalue weighted by molar-refractivity contribution is 6.32. The number of nitriles is 1. The van der Waals surface area contributed by atoms with Crippen LogP contribution in [0.5, 0.6) is 6.01 Å². The summed E-state index contributed by atoms with van der Waals surface area (Å²) >= 11 is 6.25. The van der Waals surface area contributed by atoms with Crippen molar-refractivity contribution in [3.05, 3.63) is 45.2 Å². The summed E-state index contributed by atoms with van der Waals surface area (Å²) in [7, 11) is 1.46. The molecular formula is C22H26ClN5O3. The number of carbonyl (C=O) groups is 1. The van der Waals surface area contributed by atoms with Gasteiger partial charge in [0.25, 0.3) is 5.56 Å². The number of hydrogen-bond acceptors (Lipinski definition) is 6. The minimum Gasteiger partial charge on any atom is -0.375 e. The molecule has 1 aromatic heterocycles.